The van der Waals surface area contributed by atoms with E-state index in [9.17, 15) is 13.2 Å². The van der Waals surface area contributed by atoms with Gasteiger partial charge in [-0.1, -0.05) is 6.07 Å². The van der Waals surface area contributed by atoms with Crippen LogP contribution in [0, 0.1) is 5.92 Å². The summed E-state index contributed by atoms with van der Waals surface area (Å²) < 4.78 is 22.8. The van der Waals surface area contributed by atoms with Crippen LogP contribution >= 0.6 is 0 Å². The van der Waals surface area contributed by atoms with Crippen molar-refractivity contribution >= 4 is 27.1 Å². The molecule has 3 rings (SSSR count). The highest BCUT2D eigenvalue weighted by atomic mass is 32.2. The maximum atomic E-state index is 12.3. The number of nitrogens with one attached hydrogen (secondary N) is 3. The maximum Gasteiger partial charge on any atom is 0.253 e. The van der Waals surface area contributed by atoms with Crippen LogP contribution in [0.3, 0.4) is 0 Å². The molecule has 0 radical (unpaired) electrons. The smallest absolute Gasteiger partial charge is 0.253 e. The van der Waals surface area contributed by atoms with Gasteiger partial charge in [0.15, 0.2) is 9.84 Å². The minimum Gasteiger partial charge on any atom is -0.382 e. The van der Waals surface area contributed by atoms with Gasteiger partial charge < -0.3 is 16.0 Å². The predicted octanol–water partition coefficient (Wildman–Crippen LogP) is 0.689. The summed E-state index contributed by atoms with van der Waals surface area (Å²) in [7, 11) is -2.90. The van der Waals surface area contributed by atoms with Gasteiger partial charge >= 0.3 is 0 Å². The minimum atomic E-state index is -2.90. The maximum absolute atomic E-state index is 12.3. The number of benzene rings is 1. The van der Waals surface area contributed by atoms with Crippen molar-refractivity contribution in [3.8, 4) is 0 Å². The Hall–Kier alpha value is -1.76. The first-order valence-electron chi connectivity index (χ1n) is 7.14. The first kappa shape index (κ1) is 14.2. The zero-order valence-electron chi connectivity index (χ0n) is 11.7. The number of sulfone groups is 1. The number of hydrogen-bond acceptors (Lipinski definition) is 5. The van der Waals surface area contributed by atoms with Gasteiger partial charge in [-0.25, -0.2) is 8.42 Å². The molecule has 21 heavy (non-hydrogen) atoms. The fourth-order valence-electron chi connectivity index (χ4n) is 2.83. The monoisotopic (exact) mass is 309 g/mol. The summed E-state index contributed by atoms with van der Waals surface area (Å²) in [6, 6.07) is 5.55. The van der Waals surface area contributed by atoms with Crippen molar-refractivity contribution in [2.24, 2.45) is 5.92 Å². The van der Waals surface area contributed by atoms with Crippen LogP contribution in [0.15, 0.2) is 18.2 Å². The number of amides is 1. The first-order valence-corrected chi connectivity index (χ1v) is 8.97. The van der Waals surface area contributed by atoms with E-state index >= 15 is 0 Å². The quantitative estimate of drug-likeness (QED) is 0.764. The summed E-state index contributed by atoms with van der Waals surface area (Å²) in [6.07, 6.45) is 0.634. The summed E-state index contributed by atoms with van der Waals surface area (Å²) in [4.78, 5) is 12.3. The normalized spacial score (nSPS) is 22.8. The number of para-hydroxylation sites is 1. The van der Waals surface area contributed by atoms with Crippen LogP contribution in [0.1, 0.15) is 16.8 Å². The van der Waals surface area contributed by atoms with Crippen molar-refractivity contribution in [2.45, 2.75) is 6.42 Å². The Kier molecular flexibility index (Phi) is 3.75. The summed E-state index contributed by atoms with van der Waals surface area (Å²) in [5.74, 6) is 0.289. The molecule has 3 N–H and O–H groups in total. The third-order valence-corrected chi connectivity index (χ3v) is 5.77. The lowest BCUT2D eigenvalue weighted by atomic mass is 10.1. The zero-order valence-corrected chi connectivity index (χ0v) is 12.5. The summed E-state index contributed by atoms with van der Waals surface area (Å²) in [5.41, 5.74) is 2.35. The molecule has 1 saturated heterocycles. The highest BCUT2D eigenvalue weighted by molar-refractivity contribution is 7.91. The Morgan fingerprint density at radius 2 is 2.10 bits per heavy atom. The molecular weight excluding hydrogens is 290 g/mol. The van der Waals surface area contributed by atoms with E-state index < -0.39 is 9.84 Å². The Balaban J connectivity index is 1.66. The molecule has 2 heterocycles. The van der Waals surface area contributed by atoms with Crippen LogP contribution < -0.4 is 16.0 Å². The van der Waals surface area contributed by atoms with Gasteiger partial charge in [-0.3, -0.25) is 4.79 Å². The second-order valence-corrected chi connectivity index (χ2v) is 7.79. The van der Waals surface area contributed by atoms with Crippen LogP contribution in [-0.2, 0) is 9.84 Å². The van der Waals surface area contributed by atoms with Crippen molar-refractivity contribution in [2.75, 3.05) is 41.8 Å². The van der Waals surface area contributed by atoms with E-state index in [2.05, 4.69) is 16.0 Å². The topological polar surface area (TPSA) is 87.3 Å². The van der Waals surface area contributed by atoms with E-state index in [-0.39, 0.29) is 23.3 Å². The van der Waals surface area contributed by atoms with E-state index in [1.54, 1.807) is 6.07 Å². The van der Waals surface area contributed by atoms with Crippen molar-refractivity contribution in [1.29, 1.82) is 0 Å². The molecular formula is C14H19N3O3S. The summed E-state index contributed by atoms with van der Waals surface area (Å²) >= 11 is 0. The van der Waals surface area contributed by atoms with Gasteiger partial charge in [0.2, 0.25) is 0 Å². The largest absolute Gasteiger partial charge is 0.382 e. The van der Waals surface area contributed by atoms with Crippen LogP contribution in [0.5, 0.6) is 0 Å². The molecule has 7 heteroatoms. The molecule has 2 aliphatic heterocycles. The lowest BCUT2D eigenvalue weighted by molar-refractivity contribution is 0.0949. The van der Waals surface area contributed by atoms with Crippen molar-refractivity contribution < 1.29 is 13.2 Å². The molecule has 6 nitrogen and oxygen atoms in total. The van der Waals surface area contributed by atoms with Gasteiger partial charge in [0.25, 0.3) is 5.91 Å². The molecule has 0 bridgehead atoms. The van der Waals surface area contributed by atoms with Crippen LogP contribution in [0.2, 0.25) is 0 Å². The third-order valence-electron chi connectivity index (χ3n) is 3.93. The molecule has 1 unspecified atom stereocenters. The Bertz CT molecular complexity index is 657. The fraction of sp³-hybridized carbons (Fsp3) is 0.500. The molecule has 1 fully saturated rings. The molecule has 1 aromatic rings. The zero-order chi connectivity index (χ0) is 14.9. The lowest BCUT2D eigenvalue weighted by Gasteiger charge is -2.22. The number of carbonyl (C=O) groups is 1. The predicted molar refractivity (Wildman–Crippen MR) is 82.5 cm³/mol. The Labute approximate surface area is 124 Å². The standard InChI is InChI=1S/C14H19N3O3S/c18-14(17-8-10-4-7-21(19,20)9-10)11-2-1-3-12-13(11)16-6-5-15-12/h1-3,10,15-16H,4-9H2,(H,17,18). The number of anilines is 2. The van der Waals surface area contributed by atoms with Gasteiger partial charge in [0, 0.05) is 19.6 Å². The second kappa shape index (κ2) is 5.55. The van der Waals surface area contributed by atoms with Gasteiger partial charge in [-0.15, -0.1) is 0 Å². The highest BCUT2D eigenvalue weighted by Gasteiger charge is 2.28. The third kappa shape index (κ3) is 3.12. The molecule has 114 valence electrons. The molecule has 0 saturated carbocycles. The molecule has 1 atom stereocenters. The molecule has 0 aliphatic carbocycles. The molecule has 1 aromatic carbocycles. The number of carbonyl (C=O) groups excluding carboxylic acids is 1. The number of fused-ring (bicyclic) bond motifs is 1. The fourth-order valence-corrected chi connectivity index (χ4v) is 4.69. The minimum absolute atomic E-state index is 0.0320. The van der Waals surface area contributed by atoms with Gasteiger partial charge in [0.05, 0.1) is 28.4 Å². The lowest BCUT2D eigenvalue weighted by Crippen LogP contribution is -2.31. The van der Waals surface area contributed by atoms with E-state index in [1.165, 1.54) is 0 Å². The van der Waals surface area contributed by atoms with Gasteiger partial charge in [-0.2, -0.15) is 0 Å². The summed E-state index contributed by atoms with van der Waals surface area (Å²) in [5, 5.41) is 9.34. The van der Waals surface area contributed by atoms with Crippen molar-refractivity contribution in [3.63, 3.8) is 0 Å². The van der Waals surface area contributed by atoms with E-state index in [0.29, 0.717) is 18.5 Å². The number of rotatable bonds is 3. The average molecular weight is 309 g/mol. The molecule has 2 aliphatic rings. The van der Waals surface area contributed by atoms with Crippen LogP contribution in [-0.4, -0.2) is 45.5 Å². The summed E-state index contributed by atoms with van der Waals surface area (Å²) in [6.45, 7) is 2.02. The Morgan fingerprint density at radius 3 is 2.86 bits per heavy atom. The van der Waals surface area contributed by atoms with Crippen LogP contribution in [0.25, 0.3) is 0 Å². The van der Waals surface area contributed by atoms with Crippen LogP contribution in [0.4, 0.5) is 11.4 Å². The van der Waals surface area contributed by atoms with Gasteiger partial charge in [0.1, 0.15) is 0 Å². The van der Waals surface area contributed by atoms with E-state index in [0.717, 1.165) is 24.5 Å². The first-order chi connectivity index (χ1) is 10.1. The van der Waals surface area contributed by atoms with Gasteiger partial charge in [-0.05, 0) is 24.5 Å². The molecule has 0 aromatic heterocycles. The number of hydrogen-bond donors (Lipinski definition) is 3. The van der Waals surface area contributed by atoms with Crippen molar-refractivity contribution in [3.05, 3.63) is 23.8 Å². The van der Waals surface area contributed by atoms with Crippen molar-refractivity contribution in [1.82, 2.24) is 5.32 Å². The van der Waals surface area contributed by atoms with E-state index in [1.807, 2.05) is 12.1 Å². The Morgan fingerprint density at radius 1 is 1.29 bits per heavy atom. The average Bonchev–Trinajstić information content (AvgIpc) is 2.83. The van der Waals surface area contributed by atoms with E-state index in [4.69, 9.17) is 0 Å². The second-order valence-electron chi connectivity index (χ2n) is 5.56. The molecule has 0 spiro atoms. The molecule has 1 amide bonds. The SMILES string of the molecule is O=C(NCC1CCS(=O)(=O)C1)c1cccc2c1NCCN2. The highest BCUT2D eigenvalue weighted by Crippen LogP contribution is 2.28.